The Kier molecular flexibility index (Phi) is 5.25. The van der Waals surface area contributed by atoms with E-state index >= 15 is 0 Å². The second-order valence-corrected chi connectivity index (χ2v) is 7.20. The highest BCUT2D eigenvalue weighted by Gasteiger charge is 2.18. The molecule has 2 aromatic heterocycles. The average molecular weight is 378 g/mol. The summed E-state index contributed by atoms with van der Waals surface area (Å²) in [5, 5.41) is 1.13. The van der Waals surface area contributed by atoms with Crippen LogP contribution in [0.15, 0.2) is 42.6 Å². The number of methoxy groups -OCH3 is 1. The van der Waals surface area contributed by atoms with Crippen LogP contribution in [-0.2, 0) is 6.54 Å². The lowest BCUT2D eigenvalue weighted by molar-refractivity contribution is 0.311. The van der Waals surface area contributed by atoms with Crippen molar-refractivity contribution in [2.24, 2.45) is 0 Å². The number of para-hydroxylation sites is 1. The molecule has 7 nitrogen and oxygen atoms in total. The standard InChI is InChI=1S/C21H26N6O/c1-25-10-12-27(13-11-25)19-14-17(23-21(24-19)28-3)15-26(2)18-8-4-6-16-7-5-9-22-20(16)18/h4-9,14H,10-13,15H2,1-3H3. The highest BCUT2D eigenvalue weighted by Crippen LogP contribution is 2.26. The summed E-state index contributed by atoms with van der Waals surface area (Å²) >= 11 is 0. The van der Waals surface area contributed by atoms with E-state index in [0.29, 0.717) is 12.6 Å². The third-order valence-corrected chi connectivity index (χ3v) is 5.18. The first kappa shape index (κ1) is 18.4. The monoisotopic (exact) mass is 378 g/mol. The molecule has 1 saturated heterocycles. The first-order valence-corrected chi connectivity index (χ1v) is 9.54. The highest BCUT2D eigenvalue weighted by atomic mass is 16.5. The molecular formula is C21H26N6O. The van der Waals surface area contributed by atoms with Crippen LogP contribution in [0.4, 0.5) is 11.5 Å². The van der Waals surface area contributed by atoms with E-state index < -0.39 is 0 Å². The number of nitrogens with zero attached hydrogens (tertiary/aromatic N) is 6. The summed E-state index contributed by atoms with van der Waals surface area (Å²) in [5.74, 6) is 0.930. The molecule has 0 saturated carbocycles. The van der Waals surface area contributed by atoms with Gasteiger partial charge < -0.3 is 19.4 Å². The van der Waals surface area contributed by atoms with Crippen LogP contribution in [-0.4, -0.2) is 67.2 Å². The third kappa shape index (κ3) is 3.84. The number of pyridine rings is 1. The number of hydrogen-bond acceptors (Lipinski definition) is 7. The van der Waals surface area contributed by atoms with Crippen LogP contribution in [0.25, 0.3) is 10.9 Å². The molecule has 146 valence electrons. The van der Waals surface area contributed by atoms with Crippen molar-refractivity contribution in [3.8, 4) is 6.01 Å². The Bertz CT molecular complexity index is 949. The van der Waals surface area contributed by atoms with Gasteiger partial charge in [-0.25, -0.2) is 0 Å². The van der Waals surface area contributed by atoms with E-state index in [-0.39, 0.29) is 0 Å². The molecule has 0 aliphatic carbocycles. The van der Waals surface area contributed by atoms with E-state index in [2.05, 4.69) is 74.1 Å². The van der Waals surface area contributed by atoms with E-state index in [0.717, 1.165) is 54.3 Å². The Balaban J connectivity index is 1.60. The summed E-state index contributed by atoms with van der Waals surface area (Å²) in [6, 6.07) is 12.8. The number of benzene rings is 1. The molecule has 1 aliphatic heterocycles. The van der Waals surface area contributed by atoms with E-state index in [1.807, 2.05) is 12.3 Å². The predicted molar refractivity (Wildman–Crippen MR) is 112 cm³/mol. The van der Waals surface area contributed by atoms with Crippen molar-refractivity contribution in [1.82, 2.24) is 19.9 Å². The topological polar surface area (TPSA) is 57.6 Å². The number of rotatable bonds is 5. The molecule has 1 aliphatic rings. The van der Waals surface area contributed by atoms with Crippen molar-refractivity contribution in [3.63, 3.8) is 0 Å². The molecule has 0 atom stereocenters. The largest absolute Gasteiger partial charge is 0.467 e. The summed E-state index contributed by atoms with van der Waals surface area (Å²) < 4.78 is 5.37. The molecule has 0 bridgehead atoms. The fourth-order valence-electron chi connectivity index (χ4n) is 3.55. The lowest BCUT2D eigenvalue weighted by Gasteiger charge is -2.33. The van der Waals surface area contributed by atoms with Crippen molar-refractivity contribution >= 4 is 22.4 Å². The number of likely N-dealkylation sites (N-methyl/N-ethyl adjacent to an activating group) is 1. The summed E-state index contributed by atoms with van der Waals surface area (Å²) in [5.41, 5.74) is 3.00. The molecule has 0 unspecified atom stereocenters. The zero-order valence-corrected chi connectivity index (χ0v) is 16.7. The van der Waals surface area contributed by atoms with E-state index in [1.54, 1.807) is 7.11 Å². The van der Waals surface area contributed by atoms with Gasteiger partial charge in [-0.05, 0) is 19.2 Å². The van der Waals surface area contributed by atoms with Gasteiger partial charge in [0.2, 0.25) is 0 Å². The van der Waals surface area contributed by atoms with Gasteiger partial charge in [-0.2, -0.15) is 9.97 Å². The van der Waals surface area contributed by atoms with E-state index in [9.17, 15) is 0 Å². The van der Waals surface area contributed by atoms with Crippen LogP contribution in [0, 0.1) is 0 Å². The van der Waals surface area contributed by atoms with Gasteiger partial charge in [0.1, 0.15) is 5.82 Å². The molecule has 28 heavy (non-hydrogen) atoms. The average Bonchev–Trinajstić information content (AvgIpc) is 2.73. The maximum Gasteiger partial charge on any atom is 0.318 e. The Labute approximate surface area is 165 Å². The first-order valence-electron chi connectivity index (χ1n) is 9.54. The smallest absolute Gasteiger partial charge is 0.318 e. The second kappa shape index (κ2) is 7.98. The van der Waals surface area contributed by atoms with Gasteiger partial charge in [-0.1, -0.05) is 18.2 Å². The zero-order chi connectivity index (χ0) is 19.5. The third-order valence-electron chi connectivity index (χ3n) is 5.18. The van der Waals surface area contributed by atoms with E-state index in [4.69, 9.17) is 4.74 Å². The SMILES string of the molecule is COc1nc(CN(C)c2cccc3cccnc23)cc(N2CCN(C)CC2)n1. The van der Waals surface area contributed by atoms with Crippen LogP contribution < -0.4 is 14.5 Å². The van der Waals surface area contributed by atoms with Crippen LogP contribution in [0.1, 0.15) is 5.69 Å². The summed E-state index contributed by atoms with van der Waals surface area (Å²) in [4.78, 5) is 20.5. The van der Waals surface area contributed by atoms with Gasteiger partial charge >= 0.3 is 6.01 Å². The Morgan fingerprint density at radius 3 is 2.64 bits per heavy atom. The molecule has 7 heteroatoms. The molecule has 3 heterocycles. The van der Waals surface area contributed by atoms with E-state index in [1.165, 1.54) is 0 Å². The number of ether oxygens (including phenoxy) is 1. The van der Waals surface area contributed by atoms with Crippen molar-refractivity contribution in [3.05, 3.63) is 48.3 Å². The maximum atomic E-state index is 5.37. The molecule has 0 spiro atoms. The van der Waals surface area contributed by atoms with Crippen molar-refractivity contribution in [2.45, 2.75) is 6.54 Å². The van der Waals surface area contributed by atoms with Crippen LogP contribution in [0.2, 0.25) is 0 Å². The Morgan fingerprint density at radius 2 is 1.86 bits per heavy atom. The first-order chi connectivity index (χ1) is 13.6. The minimum absolute atomic E-state index is 0.413. The summed E-state index contributed by atoms with van der Waals surface area (Å²) in [6.07, 6.45) is 1.83. The molecule has 0 radical (unpaired) electrons. The van der Waals surface area contributed by atoms with Gasteiger partial charge in [0.05, 0.1) is 30.6 Å². The fourth-order valence-corrected chi connectivity index (χ4v) is 3.55. The molecule has 1 fully saturated rings. The van der Waals surface area contributed by atoms with Gasteiger partial charge in [0, 0.05) is 50.9 Å². The summed E-state index contributed by atoms with van der Waals surface area (Å²) in [6.45, 7) is 4.63. The van der Waals surface area contributed by atoms with Gasteiger partial charge in [0.15, 0.2) is 0 Å². The van der Waals surface area contributed by atoms with Gasteiger partial charge in [-0.15, -0.1) is 0 Å². The minimum atomic E-state index is 0.413. The molecule has 0 amide bonds. The number of anilines is 2. The molecule has 0 N–H and O–H groups in total. The number of piperazine rings is 1. The molecule has 3 aromatic rings. The van der Waals surface area contributed by atoms with Crippen LogP contribution in [0.3, 0.4) is 0 Å². The van der Waals surface area contributed by atoms with Gasteiger partial charge in [0.25, 0.3) is 0 Å². The quantitative estimate of drug-likeness (QED) is 0.676. The number of hydrogen-bond donors (Lipinski definition) is 0. The minimum Gasteiger partial charge on any atom is -0.467 e. The fraction of sp³-hybridized carbons (Fsp3) is 0.381. The lowest BCUT2D eigenvalue weighted by atomic mass is 10.1. The van der Waals surface area contributed by atoms with Crippen molar-refractivity contribution in [1.29, 1.82) is 0 Å². The van der Waals surface area contributed by atoms with Gasteiger partial charge in [-0.3, -0.25) is 4.98 Å². The lowest BCUT2D eigenvalue weighted by Crippen LogP contribution is -2.44. The highest BCUT2D eigenvalue weighted by molar-refractivity contribution is 5.90. The second-order valence-electron chi connectivity index (χ2n) is 7.20. The number of aromatic nitrogens is 3. The zero-order valence-electron chi connectivity index (χ0n) is 16.7. The molecule has 1 aromatic carbocycles. The Hall–Kier alpha value is -2.93. The van der Waals surface area contributed by atoms with Crippen molar-refractivity contribution in [2.75, 3.05) is 57.2 Å². The molecular weight excluding hydrogens is 352 g/mol. The predicted octanol–water partition coefficient (Wildman–Crippen LogP) is 2.42. The van der Waals surface area contributed by atoms with Crippen molar-refractivity contribution < 1.29 is 4.74 Å². The normalized spacial score (nSPS) is 15.0. The maximum absolute atomic E-state index is 5.37. The summed E-state index contributed by atoms with van der Waals surface area (Å²) in [7, 11) is 5.83. The van der Waals surface area contributed by atoms with Crippen LogP contribution >= 0.6 is 0 Å². The molecule has 4 rings (SSSR count). The number of fused-ring (bicyclic) bond motifs is 1. The van der Waals surface area contributed by atoms with Crippen LogP contribution in [0.5, 0.6) is 6.01 Å². The Morgan fingerprint density at radius 1 is 1.07 bits per heavy atom.